The highest BCUT2D eigenvalue weighted by Crippen LogP contribution is 2.20. The minimum Gasteiger partial charge on any atom is -0.323 e. The monoisotopic (exact) mass is 212 g/mol. The molecular weight excluding hydrogens is 192 g/mol. The Morgan fingerprint density at radius 3 is 2.53 bits per heavy atom. The Morgan fingerprint density at radius 2 is 2.13 bits per heavy atom. The quantitative estimate of drug-likeness (QED) is 0.706. The zero-order valence-corrected chi connectivity index (χ0v) is 9.99. The van der Waals surface area contributed by atoms with Crippen molar-refractivity contribution in [3.63, 3.8) is 0 Å². The molecule has 1 saturated heterocycles. The van der Waals surface area contributed by atoms with Crippen molar-refractivity contribution in [3.05, 3.63) is 0 Å². The highest BCUT2D eigenvalue weighted by molar-refractivity contribution is 5.79. The first-order valence-corrected chi connectivity index (χ1v) is 5.44. The predicted octanol–water partition coefficient (Wildman–Crippen LogP) is 1.36. The molecule has 0 radical (unpaired) electrons. The molecule has 0 aliphatic carbocycles. The van der Waals surface area contributed by atoms with Crippen LogP contribution in [0.15, 0.2) is 0 Å². The van der Waals surface area contributed by atoms with Gasteiger partial charge in [-0.1, -0.05) is 13.8 Å². The van der Waals surface area contributed by atoms with Gasteiger partial charge in [-0.3, -0.25) is 4.79 Å². The van der Waals surface area contributed by atoms with E-state index in [-0.39, 0.29) is 17.9 Å². The number of hydrogen-bond acceptors (Lipinski definition) is 2. The van der Waals surface area contributed by atoms with Gasteiger partial charge in [0, 0.05) is 26.6 Å². The van der Waals surface area contributed by atoms with Crippen LogP contribution in [0.1, 0.15) is 27.2 Å². The molecule has 15 heavy (non-hydrogen) atoms. The van der Waals surface area contributed by atoms with Crippen molar-refractivity contribution in [2.75, 3.05) is 20.1 Å². The van der Waals surface area contributed by atoms with Crippen molar-refractivity contribution >= 4 is 11.8 Å². The van der Waals surface area contributed by atoms with Crippen molar-refractivity contribution < 1.29 is 9.59 Å². The standard InChI is InChI=1S/C11H20N2O2/c1-8(2)10-7-13(6-5-9(3)14)11(15)12(10)4/h8,10H,5-7H2,1-4H3. The number of hydrogen-bond donors (Lipinski definition) is 0. The molecule has 1 aliphatic heterocycles. The average Bonchev–Trinajstić information content (AvgIpc) is 2.41. The third kappa shape index (κ3) is 2.70. The van der Waals surface area contributed by atoms with Gasteiger partial charge in [-0.05, 0) is 12.8 Å². The second-order valence-electron chi connectivity index (χ2n) is 4.60. The number of urea groups is 1. The lowest BCUT2D eigenvalue weighted by Gasteiger charge is -2.20. The molecule has 1 fully saturated rings. The number of carbonyl (C=O) groups excluding carboxylic acids is 2. The third-order valence-corrected chi connectivity index (χ3v) is 2.98. The van der Waals surface area contributed by atoms with Crippen LogP contribution in [-0.4, -0.2) is 47.8 Å². The van der Waals surface area contributed by atoms with Crippen molar-refractivity contribution in [1.82, 2.24) is 9.80 Å². The van der Waals surface area contributed by atoms with Crippen LogP contribution < -0.4 is 0 Å². The van der Waals surface area contributed by atoms with Gasteiger partial charge in [0.05, 0.1) is 6.04 Å². The number of ketones is 1. The summed E-state index contributed by atoms with van der Waals surface area (Å²) >= 11 is 0. The first-order chi connectivity index (χ1) is 6.93. The number of carbonyl (C=O) groups is 2. The van der Waals surface area contributed by atoms with Gasteiger partial charge in [0.1, 0.15) is 5.78 Å². The van der Waals surface area contributed by atoms with Gasteiger partial charge in [0.2, 0.25) is 0 Å². The summed E-state index contributed by atoms with van der Waals surface area (Å²) in [4.78, 5) is 26.2. The second-order valence-corrected chi connectivity index (χ2v) is 4.60. The molecule has 1 rings (SSSR count). The minimum absolute atomic E-state index is 0.0509. The largest absolute Gasteiger partial charge is 0.323 e. The fourth-order valence-corrected chi connectivity index (χ4v) is 1.93. The van der Waals surface area contributed by atoms with Gasteiger partial charge < -0.3 is 9.80 Å². The molecule has 0 spiro atoms. The van der Waals surface area contributed by atoms with Crippen LogP contribution in [0.25, 0.3) is 0 Å². The Hall–Kier alpha value is -1.06. The zero-order chi connectivity index (χ0) is 11.6. The van der Waals surface area contributed by atoms with Crippen LogP contribution in [0.3, 0.4) is 0 Å². The maximum Gasteiger partial charge on any atom is 0.320 e. The van der Waals surface area contributed by atoms with E-state index in [0.717, 1.165) is 6.54 Å². The van der Waals surface area contributed by atoms with E-state index < -0.39 is 0 Å². The van der Waals surface area contributed by atoms with Gasteiger partial charge in [0.15, 0.2) is 0 Å². The van der Waals surface area contributed by atoms with Gasteiger partial charge in [0.25, 0.3) is 0 Å². The molecule has 0 aromatic carbocycles. The van der Waals surface area contributed by atoms with Gasteiger partial charge in [-0.15, -0.1) is 0 Å². The first kappa shape index (κ1) is 12.0. The number of rotatable bonds is 4. The fraction of sp³-hybridized carbons (Fsp3) is 0.818. The summed E-state index contributed by atoms with van der Waals surface area (Å²) in [6, 6.07) is 0.333. The lowest BCUT2D eigenvalue weighted by atomic mass is 10.0. The lowest BCUT2D eigenvalue weighted by molar-refractivity contribution is -0.117. The zero-order valence-electron chi connectivity index (χ0n) is 9.99. The Balaban J connectivity index is 2.55. The predicted molar refractivity (Wildman–Crippen MR) is 58.7 cm³/mol. The highest BCUT2D eigenvalue weighted by atomic mass is 16.2. The first-order valence-electron chi connectivity index (χ1n) is 5.44. The number of amides is 2. The molecule has 0 N–H and O–H groups in total. The van der Waals surface area contributed by atoms with Gasteiger partial charge in [-0.2, -0.15) is 0 Å². The van der Waals surface area contributed by atoms with E-state index in [1.165, 1.54) is 0 Å². The molecule has 86 valence electrons. The van der Waals surface area contributed by atoms with E-state index in [4.69, 9.17) is 0 Å². The summed E-state index contributed by atoms with van der Waals surface area (Å²) in [5.74, 6) is 0.597. The molecule has 1 unspecified atom stereocenters. The molecule has 1 heterocycles. The van der Waals surface area contributed by atoms with Crippen LogP contribution in [0.5, 0.6) is 0 Å². The lowest BCUT2D eigenvalue weighted by Crippen LogP contribution is -2.34. The van der Waals surface area contributed by atoms with Crippen LogP contribution in [-0.2, 0) is 4.79 Å². The highest BCUT2D eigenvalue weighted by Gasteiger charge is 2.35. The number of likely N-dealkylation sites (N-methyl/N-ethyl adjacent to an activating group) is 1. The summed E-state index contributed by atoms with van der Waals surface area (Å²) in [5, 5.41) is 0. The Labute approximate surface area is 91.2 Å². The molecular formula is C11H20N2O2. The van der Waals surface area contributed by atoms with Crippen LogP contribution in [0.4, 0.5) is 4.79 Å². The van der Waals surface area contributed by atoms with E-state index in [1.54, 1.807) is 16.7 Å². The summed E-state index contributed by atoms with van der Waals surface area (Å²) in [5.41, 5.74) is 0. The normalized spacial score (nSPS) is 21.7. The molecule has 0 saturated carbocycles. The molecule has 4 heteroatoms. The molecule has 4 nitrogen and oxygen atoms in total. The van der Waals surface area contributed by atoms with Gasteiger partial charge in [-0.25, -0.2) is 4.79 Å². The molecule has 1 aliphatic rings. The maximum absolute atomic E-state index is 11.8. The Kier molecular flexibility index (Phi) is 3.72. The van der Waals surface area contributed by atoms with E-state index in [0.29, 0.717) is 18.9 Å². The summed E-state index contributed by atoms with van der Waals surface area (Å²) < 4.78 is 0. The Morgan fingerprint density at radius 1 is 1.53 bits per heavy atom. The van der Waals surface area contributed by atoms with Crippen LogP contribution >= 0.6 is 0 Å². The summed E-state index contributed by atoms with van der Waals surface area (Å²) in [7, 11) is 1.83. The molecule has 0 aromatic rings. The van der Waals surface area contributed by atoms with Crippen LogP contribution in [0, 0.1) is 5.92 Å². The van der Waals surface area contributed by atoms with E-state index in [9.17, 15) is 9.59 Å². The third-order valence-electron chi connectivity index (χ3n) is 2.98. The van der Waals surface area contributed by atoms with E-state index >= 15 is 0 Å². The minimum atomic E-state index is 0.0509. The fourth-order valence-electron chi connectivity index (χ4n) is 1.93. The number of nitrogens with zero attached hydrogens (tertiary/aromatic N) is 2. The van der Waals surface area contributed by atoms with Crippen molar-refractivity contribution in [2.24, 2.45) is 5.92 Å². The molecule has 1 atom stereocenters. The van der Waals surface area contributed by atoms with Crippen molar-refractivity contribution in [3.8, 4) is 0 Å². The van der Waals surface area contributed by atoms with Crippen molar-refractivity contribution in [2.45, 2.75) is 33.2 Å². The smallest absolute Gasteiger partial charge is 0.320 e. The molecule has 2 amide bonds. The number of Topliss-reactive ketones (excluding diaryl/α,β-unsaturated/α-hetero) is 1. The van der Waals surface area contributed by atoms with E-state index in [1.807, 2.05) is 7.05 Å². The topological polar surface area (TPSA) is 40.6 Å². The van der Waals surface area contributed by atoms with Crippen molar-refractivity contribution in [1.29, 1.82) is 0 Å². The molecule has 0 aromatic heterocycles. The van der Waals surface area contributed by atoms with Gasteiger partial charge >= 0.3 is 6.03 Å². The SMILES string of the molecule is CC(=O)CCN1CC(C(C)C)N(C)C1=O. The average molecular weight is 212 g/mol. The maximum atomic E-state index is 11.8. The summed E-state index contributed by atoms with van der Waals surface area (Å²) in [6.45, 7) is 7.10. The van der Waals surface area contributed by atoms with E-state index in [2.05, 4.69) is 13.8 Å². The summed E-state index contributed by atoms with van der Waals surface area (Å²) in [6.07, 6.45) is 0.463. The second kappa shape index (κ2) is 4.64. The Bertz CT molecular complexity index is 263. The van der Waals surface area contributed by atoms with Crippen LogP contribution in [0.2, 0.25) is 0 Å². The molecule has 0 bridgehead atoms.